The predicted molar refractivity (Wildman–Crippen MR) is 74.5 cm³/mol. The minimum atomic E-state index is -0.172. The first-order chi connectivity index (χ1) is 8.72. The Morgan fingerprint density at radius 3 is 2.56 bits per heavy atom. The third kappa shape index (κ3) is 3.02. The molecule has 1 heterocycles. The Balaban J connectivity index is 2.12. The molecule has 0 saturated carbocycles. The summed E-state index contributed by atoms with van der Waals surface area (Å²) in [4.78, 5) is 0. The van der Waals surface area contributed by atoms with Crippen molar-refractivity contribution >= 4 is 15.9 Å². The standard InChI is InChI=1S/C14H16BrNO2/c1-17-8-6-10-2-4-11(5-3-10)13(16)12-7-9-18-14(12)15/h2-5,7,9,13H,6,8,16H2,1H3. The van der Waals surface area contributed by atoms with Gasteiger partial charge in [0.15, 0.2) is 4.67 Å². The molecule has 18 heavy (non-hydrogen) atoms. The van der Waals surface area contributed by atoms with Gasteiger partial charge < -0.3 is 14.9 Å². The summed E-state index contributed by atoms with van der Waals surface area (Å²) in [5.74, 6) is 0. The van der Waals surface area contributed by atoms with Crippen LogP contribution in [0.25, 0.3) is 0 Å². The second-order valence-electron chi connectivity index (χ2n) is 4.11. The van der Waals surface area contributed by atoms with Crippen molar-refractivity contribution in [1.29, 1.82) is 0 Å². The van der Waals surface area contributed by atoms with Gasteiger partial charge in [0.05, 0.1) is 18.9 Å². The van der Waals surface area contributed by atoms with E-state index in [1.165, 1.54) is 5.56 Å². The smallest absolute Gasteiger partial charge is 0.174 e. The molecule has 1 aromatic heterocycles. The number of halogens is 1. The second kappa shape index (κ2) is 6.18. The Kier molecular flexibility index (Phi) is 4.58. The summed E-state index contributed by atoms with van der Waals surface area (Å²) in [6.07, 6.45) is 2.55. The molecule has 0 amide bonds. The third-order valence-electron chi connectivity index (χ3n) is 2.91. The zero-order chi connectivity index (χ0) is 13.0. The zero-order valence-electron chi connectivity index (χ0n) is 10.2. The highest BCUT2D eigenvalue weighted by atomic mass is 79.9. The third-order valence-corrected chi connectivity index (χ3v) is 3.56. The lowest BCUT2D eigenvalue weighted by molar-refractivity contribution is 0.202. The first kappa shape index (κ1) is 13.3. The molecule has 0 radical (unpaired) electrons. The van der Waals surface area contributed by atoms with Gasteiger partial charge in [-0.25, -0.2) is 0 Å². The summed E-state index contributed by atoms with van der Waals surface area (Å²) in [6, 6.07) is 9.98. The average Bonchev–Trinajstić information content (AvgIpc) is 2.82. The fourth-order valence-corrected chi connectivity index (χ4v) is 2.30. The molecular weight excluding hydrogens is 294 g/mol. The molecule has 4 heteroatoms. The second-order valence-corrected chi connectivity index (χ2v) is 4.83. The largest absolute Gasteiger partial charge is 0.457 e. The number of rotatable bonds is 5. The Morgan fingerprint density at radius 1 is 1.28 bits per heavy atom. The number of hydrogen-bond donors (Lipinski definition) is 1. The van der Waals surface area contributed by atoms with Crippen molar-refractivity contribution in [3.63, 3.8) is 0 Å². The fourth-order valence-electron chi connectivity index (χ4n) is 1.82. The average molecular weight is 310 g/mol. The van der Waals surface area contributed by atoms with Gasteiger partial charge in [0, 0.05) is 12.7 Å². The number of benzene rings is 1. The van der Waals surface area contributed by atoms with Crippen LogP contribution in [-0.2, 0) is 11.2 Å². The molecule has 0 fully saturated rings. The molecule has 2 N–H and O–H groups in total. The van der Waals surface area contributed by atoms with Crippen LogP contribution in [-0.4, -0.2) is 13.7 Å². The van der Waals surface area contributed by atoms with E-state index in [2.05, 4.69) is 40.2 Å². The summed E-state index contributed by atoms with van der Waals surface area (Å²) >= 11 is 3.35. The molecule has 1 atom stereocenters. The molecular formula is C14H16BrNO2. The summed E-state index contributed by atoms with van der Waals surface area (Å²) in [6.45, 7) is 0.735. The molecule has 0 aliphatic heterocycles. The molecule has 3 nitrogen and oxygen atoms in total. The van der Waals surface area contributed by atoms with Crippen LogP contribution >= 0.6 is 15.9 Å². The van der Waals surface area contributed by atoms with Gasteiger partial charge in [-0.05, 0) is 39.5 Å². The van der Waals surface area contributed by atoms with Crippen molar-refractivity contribution < 1.29 is 9.15 Å². The van der Waals surface area contributed by atoms with Crippen LogP contribution in [0, 0.1) is 0 Å². The van der Waals surface area contributed by atoms with Crippen LogP contribution in [0.3, 0.4) is 0 Å². The number of furan rings is 1. The minimum Gasteiger partial charge on any atom is -0.457 e. The highest BCUT2D eigenvalue weighted by molar-refractivity contribution is 9.10. The number of ether oxygens (including phenoxy) is 1. The molecule has 2 rings (SSSR count). The van der Waals surface area contributed by atoms with Gasteiger partial charge in [-0.1, -0.05) is 24.3 Å². The van der Waals surface area contributed by atoms with Gasteiger partial charge >= 0.3 is 0 Å². The van der Waals surface area contributed by atoms with Gasteiger partial charge in [0.25, 0.3) is 0 Å². The zero-order valence-corrected chi connectivity index (χ0v) is 11.8. The van der Waals surface area contributed by atoms with E-state index in [0.29, 0.717) is 4.67 Å². The van der Waals surface area contributed by atoms with Crippen LogP contribution in [0.2, 0.25) is 0 Å². The summed E-state index contributed by atoms with van der Waals surface area (Å²) < 4.78 is 11.0. The van der Waals surface area contributed by atoms with Crippen molar-refractivity contribution in [2.75, 3.05) is 13.7 Å². The predicted octanol–water partition coefficient (Wildman–Crippen LogP) is 3.28. The lowest BCUT2D eigenvalue weighted by Gasteiger charge is -2.11. The van der Waals surface area contributed by atoms with Gasteiger partial charge in [0.2, 0.25) is 0 Å². The molecule has 1 unspecified atom stereocenters. The van der Waals surface area contributed by atoms with Crippen molar-refractivity contribution in [3.8, 4) is 0 Å². The normalized spacial score (nSPS) is 12.6. The summed E-state index contributed by atoms with van der Waals surface area (Å²) in [5, 5.41) is 0. The first-order valence-electron chi connectivity index (χ1n) is 5.78. The van der Waals surface area contributed by atoms with E-state index in [0.717, 1.165) is 24.2 Å². The highest BCUT2D eigenvalue weighted by Crippen LogP contribution is 2.27. The van der Waals surface area contributed by atoms with Crippen molar-refractivity contribution in [1.82, 2.24) is 0 Å². The number of nitrogens with two attached hydrogens (primary N) is 1. The van der Waals surface area contributed by atoms with E-state index < -0.39 is 0 Å². The molecule has 0 spiro atoms. The molecule has 0 saturated heterocycles. The van der Waals surface area contributed by atoms with E-state index in [4.69, 9.17) is 14.9 Å². The maximum Gasteiger partial charge on any atom is 0.174 e. The van der Waals surface area contributed by atoms with E-state index in [1.54, 1.807) is 13.4 Å². The van der Waals surface area contributed by atoms with Crippen molar-refractivity contribution in [3.05, 3.63) is 58.0 Å². The quantitative estimate of drug-likeness (QED) is 0.922. The Hall–Kier alpha value is -1.10. The number of hydrogen-bond acceptors (Lipinski definition) is 3. The summed E-state index contributed by atoms with van der Waals surface area (Å²) in [7, 11) is 1.71. The Labute approximate surface area is 115 Å². The van der Waals surface area contributed by atoms with E-state index in [1.807, 2.05) is 6.07 Å². The van der Waals surface area contributed by atoms with Crippen LogP contribution in [0.4, 0.5) is 0 Å². The lowest BCUT2D eigenvalue weighted by atomic mass is 10.0. The molecule has 0 bridgehead atoms. The maximum absolute atomic E-state index is 6.20. The van der Waals surface area contributed by atoms with Gasteiger partial charge in [-0.15, -0.1) is 0 Å². The molecule has 96 valence electrons. The van der Waals surface area contributed by atoms with Crippen LogP contribution in [0.1, 0.15) is 22.7 Å². The van der Waals surface area contributed by atoms with Gasteiger partial charge in [0.1, 0.15) is 0 Å². The Morgan fingerprint density at radius 2 is 2.00 bits per heavy atom. The first-order valence-corrected chi connectivity index (χ1v) is 6.58. The van der Waals surface area contributed by atoms with Gasteiger partial charge in [-0.2, -0.15) is 0 Å². The molecule has 2 aromatic rings. The highest BCUT2D eigenvalue weighted by Gasteiger charge is 2.14. The molecule has 0 aliphatic carbocycles. The molecule has 0 aliphatic rings. The lowest BCUT2D eigenvalue weighted by Crippen LogP contribution is -2.11. The van der Waals surface area contributed by atoms with Crippen molar-refractivity contribution in [2.45, 2.75) is 12.5 Å². The van der Waals surface area contributed by atoms with E-state index in [-0.39, 0.29) is 6.04 Å². The maximum atomic E-state index is 6.20. The number of methoxy groups -OCH3 is 1. The van der Waals surface area contributed by atoms with Crippen LogP contribution in [0.5, 0.6) is 0 Å². The van der Waals surface area contributed by atoms with Crippen molar-refractivity contribution in [2.24, 2.45) is 5.73 Å². The van der Waals surface area contributed by atoms with Gasteiger partial charge in [-0.3, -0.25) is 0 Å². The van der Waals surface area contributed by atoms with Crippen LogP contribution in [0.15, 0.2) is 45.7 Å². The minimum absolute atomic E-state index is 0.172. The van der Waals surface area contributed by atoms with E-state index in [9.17, 15) is 0 Å². The van der Waals surface area contributed by atoms with Crippen LogP contribution < -0.4 is 5.73 Å². The monoisotopic (exact) mass is 309 g/mol. The summed E-state index contributed by atoms with van der Waals surface area (Å²) in [5.41, 5.74) is 9.47. The van der Waals surface area contributed by atoms with E-state index >= 15 is 0 Å². The fraction of sp³-hybridized carbons (Fsp3) is 0.286. The topological polar surface area (TPSA) is 48.4 Å². The Bertz CT molecular complexity index is 493. The molecule has 1 aromatic carbocycles. The SMILES string of the molecule is COCCc1ccc(C(N)c2ccoc2Br)cc1.